The molecule has 0 fully saturated rings. The number of benzene rings is 1. The lowest BCUT2D eigenvalue weighted by molar-refractivity contribution is -0.380. The van der Waals surface area contributed by atoms with Gasteiger partial charge in [-0.05, 0) is 42.4 Å². The molecule has 0 saturated heterocycles. The Labute approximate surface area is 145 Å². The number of carbonyl (C=O) groups is 1. The first-order valence-electron chi connectivity index (χ1n) is 6.92. The fourth-order valence-corrected chi connectivity index (χ4v) is 3.28. The van der Waals surface area contributed by atoms with Crippen molar-refractivity contribution in [1.82, 2.24) is 4.98 Å². The van der Waals surface area contributed by atoms with Crippen LogP contribution in [0.4, 0.5) is 10.1 Å². The Morgan fingerprint density at radius 2 is 2.25 bits per heavy atom. The average Bonchev–Trinajstić information content (AvgIpc) is 3.12. The van der Waals surface area contributed by atoms with Gasteiger partial charge in [-0.15, -0.1) is 0 Å². The number of anilines is 1. The Kier molecular flexibility index (Phi) is 4.25. The predicted molar refractivity (Wildman–Crippen MR) is 91.8 cm³/mol. The summed E-state index contributed by atoms with van der Waals surface area (Å²) in [5.74, 6) is -0.335. The van der Waals surface area contributed by atoms with Crippen LogP contribution in [0.5, 0.6) is 0 Å². The molecule has 9 heteroatoms. The van der Waals surface area contributed by atoms with Crippen LogP contribution in [0.2, 0.25) is 5.02 Å². The molecule has 0 bridgehead atoms. The van der Waals surface area contributed by atoms with Gasteiger partial charge in [0.05, 0.1) is 17.6 Å². The Bertz CT molecular complexity index is 963. The summed E-state index contributed by atoms with van der Waals surface area (Å²) in [7, 11) is 0. The lowest BCUT2D eigenvalue weighted by Gasteiger charge is -2.05. The van der Waals surface area contributed by atoms with Crippen molar-refractivity contribution < 1.29 is 14.1 Å². The van der Waals surface area contributed by atoms with Gasteiger partial charge in [0, 0.05) is 16.0 Å². The summed E-state index contributed by atoms with van der Waals surface area (Å²) >= 11 is 7.08. The number of nitro groups is 1. The molecule has 2 aromatic heterocycles. The Morgan fingerprint density at radius 1 is 1.50 bits per heavy atom. The van der Waals surface area contributed by atoms with Crippen molar-refractivity contribution in [2.45, 2.75) is 20.3 Å². The molecule has 0 saturated carbocycles. The monoisotopic (exact) mass is 365 g/mol. The third-order valence-corrected chi connectivity index (χ3v) is 5.01. The van der Waals surface area contributed by atoms with Crippen LogP contribution in [-0.2, 0) is 11.2 Å². The van der Waals surface area contributed by atoms with Crippen molar-refractivity contribution in [3.63, 3.8) is 0 Å². The molecule has 0 radical (unpaired) electrons. The number of aryl methyl sites for hydroxylation is 2. The molecule has 0 aliphatic heterocycles. The van der Waals surface area contributed by atoms with E-state index >= 15 is 0 Å². The van der Waals surface area contributed by atoms with Gasteiger partial charge in [-0.1, -0.05) is 11.6 Å². The van der Waals surface area contributed by atoms with Crippen LogP contribution in [0, 0.1) is 24.0 Å². The first kappa shape index (κ1) is 16.4. The molecule has 0 unspecified atom stereocenters. The summed E-state index contributed by atoms with van der Waals surface area (Å²) in [5.41, 5.74) is 3.13. The first-order chi connectivity index (χ1) is 11.4. The van der Waals surface area contributed by atoms with Crippen molar-refractivity contribution in [2.24, 2.45) is 0 Å². The van der Waals surface area contributed by atoms with E-state index in [1.165, 1.54) is 6.26 Å². The Balaban J connectivity index is 1.83. The highest BCUT2D eigenvalue weighted by Gasteiger charge is 2.17. The highest BCUT2D eigenvalue weighted by Crippen LogP contribution is 2.33. The lowest BCUT2D eigenvalue weighted by Crippen LogP contribution is -2.14. The van der Waals surface area contributed by atoms with Crippen molar-refractivity contribution in [3.05, 3.63) is 50.4 Å². The molecule has 124 valence electrons. The van der Waals surface area contributed by atoms with E-state index in [1.54, 1.807) is 0 Å². The molecule has 0 aliphatic rings. The molecule has 1 N–H and O–H groups in total. The zero-order chi connectivity index (χ0) is 17.4. The highest BCUT2D eigenvalue weighted by atomic mass is 35.5. The molecular weight excluding hydrogens is 354 g/mol. The third-order valence-electron chi connectivity index (χ3n) is 3.56. The summed E-state index contributed by atoms with van der Waals surface area (Å²) < 4.78 is 5.51. The molecular formula is C15H12ClN3O4S. The zero-order valence-electron chi connectivity index (χ0n) is 12.8. The number of nitrogens with one attached hydrogen (secondary N) is 1. The number of rotatable bonds is 4. The number of carbonyl (C=O) groups excluding carboxylic acids is 1. The number of fused-ring (bicyclic) bond motifs is 1. The number of amides is 1. The van der Waals surface area contributed by atoms with Crippen LogP contribution in [0.25, 0.3) is 11.0 Å². The predicted octanol–water partition coefficient (Wildman–Crippen LogP) is 4.25. The van der Waals surface area contributed by atoms with Crippen LogP contribution >= 0.6 is 22.9 Å². The molecule has 0 atom stereocenters. The van der Waals surface area contributed by atoms with Crippen molar-refractivity contribution >= 4 is 49.9 Å². The van der Waals surface area contributed by atoms with E-state index < -0.39 is 4.92 Å². The van der Waals surface area contributed by atoms with Gasteiger partial charge >= 0.3 is 5.00 Å². The second-order valence-electron chi connectivity index (χ2n) is 5.25. The van der Waals surface area contributed by atoms with Crippen LogP contribution in [-0.4, -0.2) is 15.8 Å². The van der Waals surface area contributed by atoms with Crippen LogP contribution < -0.4 is 5.32 Å². The fourth-order valence-electron chi connectivity index (χ4n) is 2.48. The second-order valence-corrected chi connectivity index (χ2v) is 6.64. The average molecular weight is 366 g/mol. The van der Waals surface area contributed by atoms with Gasteiger partial charge in [-0.3, -0.25) is 14.9 Å². The minimum atomic E-state index is -0.551. The number of hydrogen-bond acceptors (Lipinski definition) is 6. The molecule has 3 rings (SSSR count). The van der Waals surface area contributed by atoms with E-state index in [9.17, 15) is 14.9 Å². The van der Waals surface area contributed by atoms with Gasteiger partial charge in [-0.25, -0.2) is 4.98 Å². The summed E-state index contributed by atoms with van der Waals surface area (Å²) in [6.45, 7) is 3.76. The van der Waals surface area contributed by atoms with E-state index in [0.717, 1.165) is 34.0 Å². The molecule has 3 aromatic rings. The first-order valence-corrected chi connectivity index (χ1v) is 8.12. The maximum absolute atomic E-state index is 12.2. The molecule has 7 nitrogen and oxygen atoms in total. The van der Waals surface area contributed by atoms with Gasteiger partial charge < -0.3 is 9.73 Å². The second kappa shape index (κ2) is 6.21. The number of halogens is 1. The van der Waals surface area contributed by atoms with Gasteiger partial charge in [0.1, 0.15) is 11.8 Å². The molecule has 0 spiro atoms. The van der Waals surface area contributed by atoms with Crippen molar-refractivity contribution in [2.75, 3.05) is 5.32 Å². The summed E-state index contributed by atoms with van der Waals surface area (Å²) in [6, 6.07) is 1.83. The van der Waals surface area contributed by atoms with E-state index in [-0.39, 0.29) is 22.5 Å². The standard InChI is InChI=1S/C15H12ClN3O4S/c1-7-3-10-13(8(2)14(7)16)9(6-23-10)4-11(20)18-15-17-5-12(24-15)19(21)22/h3,5-6H,4H2,1-2H3,(H,17,18,20). The maximum Gasteiger partial charge on any atom is 0.345 e. The van der Waals surface area contributed by atoms with Gasteiger partial charge in [0.25, 0.3) is 0 Å². The van der Waals surface area contributed by atoms with Gasteiger partial charge in [-0.2, -0.15) is 0 Å². The summed E-state index contributed by atoms with van der Waals surface area (Å²) in [6.07, 6.45) is 2.69. The summed E-state index contributed by atoms with van der Waals surface area (Å²) in [4.78, 5) is 26.1. The van der Waals surface area contributed by atoms with E-state index in [0.29, 0.717) is 16.2 Å². The normalized spacial score (nSPS) is 11.0. The number of nitrogens with zero attached hydrogens (tertiary/aromatic N) is 2. The molecule has 1 aromatic carbocycles. The minimum Gasteiger partial charge on any atom is -0.464 e. The largest absolute Gasteiger partial charge is 0.464 e. The van der Waals surface area contributed by atoms with Crippen LogP contribution in [0.3, 0.4) is 0 Å². The van der Waals surface area contributed by atoms with E-state index in [4.69, 9.17) is 16.0 Å². The molecule has 2 heterocycles. The molecule has 1 amide bonds. The van der Waals surface area contributed by atoms with E-state index in [1.807, 2.05) is 19.9 Å². The molecule has 24 heavy (non-hydrogen) atoms. The number of hydrogen-bond donors (Lipinski definition) is 1. The van der Waals surface area contributed by atoms with E-state index in [2.05, 4.69) is 10.3 Å². The Hall–Kier alpha value is -2.45. The van der Waals surface area contributed by atoms with Crippen LogP contribution in [0.15, 0.2) is 22.9 Å². The zero-order valence-corrected chi connectivity index (χ0v) is 14.3. The third kappa shape index (κ3) is 2.98. The smallest absolute Gasteiger partial charge is 0.345 e. The molecule has 0 aliphatic carbocycles. The number of aromatic nitrogens is 1. The quantitative estimate of drug-likeness (QED) is 0.550. The lowest BCUT2D eigenvalue weighted by atomic mass is 10.0. The minimum absolute atomic E-state index is 0.0562. The van der Waals surface area contributed by atoms with Crippen molar-refractivity contribution in [3.8, 4) is 0 Å². The number of furan rings is 1. The van der Waals surface area contributed by atoms with Gasteiger partial charge in [0.15, 0.2) is 5.13 Å². The number of thiazole rings is 1. The topological polar surface area (TPSA) is 98.3 Å². The fraction of sp³-hybridized carbons (Fsp3) is 0.200. The van der Waals surface area contributed by atoms with Crippen LogP contribution in [0.1, 0.15) is 16.7 Å². The SMILES string of the molecule is Cc1cc2occ(CC(=O)Nc3ncc([N+](=O)[O-])s3)c2c(C)c1Cl. The van der Waals surface area contributed by atoms with Gasteiger partial charge in [0.2, 0.25) is 5.91 Å². The Morgan fingerprint density at radius 3 is 2.92 bits per heavy atom. The van der Waals surface area contributed by atoms with Crippen molar-refractivity contribution in [1.29, 1.82) is 0 Å². The maximum atomic E-state index is 12.2. The highest BCUT2D eigenvalue weighted by molar-refractivity contribution is 7.18. The summed E-state index contributed by atoms with van der Waals surface area (Å²) in [5, 5.41) is 14.7.